The van der Waals surface area contributed by atoms with Crippen LogP contribution in [0, 0.1) is 0 Å². The molecule has 5 nitrogen and oxygen atoms in total. The Bertz CT molecular complexity index is 412. The van der Waals surface area contributed by atoms with Crippen LogP contribution in [0.25, 0.3) is 0 Å². The summed E-state index contributed by atoms with van der Waals surface area (Å²) in [5.41, 5.74) is 0.553. The van der Waals surface area contributed by atoms with Crippen LogP contribution in [-0.4, -0.2) is 38.0 Å². The third-order valence-electron chi connectivity index (χ3n) is 3.15. The second-order valence-electron chi connectivity index (χ2n) is 4.36. The summed E-state index contributed by atoms with van der Waals surface area (Å²) in [4.78, 5) is 17.5. The number of ether oxygens (including phenoxy) is 2. The van der Waals surface area contributed by atoms with Crippen molar-refractivity contribution in [2.24, 2.45) is 0 Å². The molecule has 1 atom stereocenters. The Morgan fingerprint density at radius 2 is 2.00 bits per heavy atom. The quantitative estimate of drug-likeness (QED) is 0.783. The first kappa shape index (κ1) is 13.8. The lowest BCUT2D eigenvalue weighted by Gasteiger charge is -2.31. The molecule has 0 aliphatic carbocycles. The molecule has 1 heterocycles. The molecule has 0 N–H and O–H groups in total. The van der Waals surface area contributed by atoms with E-state index < -0.39 is 0 Å². The fourth-order valence-electron chi connectivity index (χ4n) is 2.10. The summed E-state index contributed by atoms with van der Waals surface area (Å²) in [6.45, 7) is 0.667. The summed E-state index contributed by atoms with van der Waals surface area (Å²) in [5.74, 6) is 0.520. The second kappa shape index (κ2) is 6.54. The van der Waals surface area contributed by atoms with Gasteiger partial charge in [-0.15, -0.1) is 0 Å². The zero-order chi connectivity index (χ0) is 13.7. The summed E-state index contributed by atoms with van der Waals surface area (Å²) in [7, 11) is 3.08. The van der Waals surface area contributed by atoms with E-state index in [1.807, 2.05) is 0 Å². The number of methoxy groups -OCH3 is 1. The third-order valence-corrected chi connectivity index (χ3v) is 3.15. The molecule has 1 amide bonds. The van der Waals surface area contributed by atoms with Gasteiger partial charge in [0.05, 0.1) is 14.2 Å². The van der Waals surface area contributed by atoms with Crippen LogP contribution in [0.3, 0.4) is 0 Å². The van der Waals surface area contributed by atoms with Crippen molar-refractivity contribution in [1.82, 2.24) is 5.06 Å². The Morgan fingerprint density at radius 3 is 2.53 bits per heavy atom. The van der Waals surface area contributed by atoms with Crippen LogP contribution in [0.1, 0.15) is 29.6 Å². The molecule has 0 saturated carbocycles. The van der Waals surface area contributed by atoms with Crippen molar-refractivity contribution in [1.29, 1.82) is 0 Å². The minimum absolute atomic E-state index is 0.197. The van der Waals surface area contributed by atoms with Gasteiger partial charge in [-0.25, -0.2) is 0 Å². The highest BCUT2D eigenvalue weighted by Gasteiger charge is 2.27. The molecule has 0 aromatic heterocycles. The normalized spacial score (nSPS) is 18.9. The Balaban J connectivity index is 2.10. The average Bonchev–Trinajstić information content (AvgIpc) is 2.49. The summed E-state index contributed by atoms with van der Waals surface area (Å²) in [5, 5.41) is 1.31. The minimum atomic E-state index is -0.298. The van der Waals surface area contributed by atoms with Gasteiger partial charge in [-0.2, -0.15) is 5.06 Å². The van der Waals surface area contributed by atoms with E-state index in [2.05, 4.69) is 0 Å². The highest BCUT2D eigenvalue weighted by molar-refractivity contribution is 5.93. The maximum absolute atomic E-state index is 12.4. The zero-order valence-electron chi connectivity index (χ0n) is 11.3. The summed E-state index contributed by atoms with van der Waals surface area (Å²) in [6.07, 6.45) is 2.58. The first-order chi connectivity index (χ1) is 9.26. The monoisotopic (exact) mass is 265 g/mol. The zero-order valence-corrected chi connectivity index (χ0v) is 11.3. The van der Waals surface area contributed by atoms with Gasteiger partial charge in [0, 0.05) is 12.2 Å². The van der Waals surface area contributed by atoms with Crippen LogP contribution in [0.4, 0.5) is 0 Å². The molecule has 0 radical (unpaired) electrons. The number of benzene rings is 1. The van der Waals surface area contributed by atoms with E-state index in [4.69, 9.17) is 14.3 Å². The molecule has 0 bridgehead atoms. The summed E-state index contributed by atoms with van der Waals surface area (Å²) < 4.78 is 10.6. The standard InChI is InChI=1S/C14H19NO4/c1-17-12-8-6-11(7-9-12)14(16)15(18-2)13-5-3-4-10-19-13/h6-9,13H,3-5,10H2,1-2H3. The van der Waals surface area contributed by atoms with E-state index in [-0.39, 0.29) is 12.1 Å². The molecular formula is C14H19NO4. The molecular weight excluding hydrogens is 246 g/mol. The van der Waals surface area contributed by atoms with Gasteiger partial charge in [0.1, 0.15) is 5.75 Å². The molecule has 1 fully saturated rings. The van der Waals surface area contributed by atoms with Crippen LogP contribution >= 0.6 is 0 Å². The SMILES string of the molecule is COc1ccc(C(=O)N(OC)C2CCCCO2)cc1. The van der Waals surface area contributed by atoms with Crippen molar-refractivity contribution in [3.05, 3.63) is 29.8 Å². The number of hydrogen-bond acceptors (Lipinski definition) is 4. The number of nitrogens with zero attached hydrogens (tertiary/aromatic N) is 1. The van der Waals surface area contributed by atoms with Crippen molar-refractivity contribution < 1.29 is 19.1 Å². The van der Waals surface area contributed by atoms with Gasteiger partial charge >= 0.3 is 0 Å². The van der Waals surface area contributed by atoms with Gasteiger partial charge in [0.25, 0.3) is 5.91 Å². The number of carbonyl (C=O) groups excluding carboxylic acids is 1. The maximum atomic E-state index is 12.4. The fourth-order valence-corrected chi connectivity index (χ4v) is 2.10. The summed E-state index contributed by atoms with van der Waals surface area (Å²) >= 11 is 0. The Hall–Kier alpha value is -1.59. The molecule has 1 aliphatic rings. The van der Waals surface area contributed by atoms with Crippen molar-refractivity contribution >= 4 is 5.91 Å². The first-order valence-corrected chi connectivity index (χ1v) is 6.39. The molecule has 1 aromatic rings. The predicted octanol–water partition coefficient (Wildman–Crippen LogP) is 2.23. The number of hydroxylamine groups is 2. The average molecular weight is 265 g/mol. The largest absolute Gasteiger partial charge is 0.497 e. The number of amides is 1. The molecule has 19 heavy (non-hydrogen) atoms. The molecule has 2 rings (SSSR count). The minimum Gasteiger partial charge on any atom is -0.497 e. The van der Waals surface area contributed by atoms with Crippen LogP contribution in [0.2, 0.25) is 0 Å². The van der Waals surface area contributed by atoms with E-state index in [1.54, 1.807) is 31.4 Å². The molecule has 104 valence electrons. The van der Waals surface area contributed by atoms with Gasteiger partial charge in [0.2, 0.25) is 0 Å². The third kappa shape index (κ3) is 3.24. The Labute approximate surface area is 113 Å². The Kier molecular flexibility index (Phi) is 4.76. The lowest BCUT2D eigenvalue weighted by Crippen LogP contribution is -2.42. The highest BCUT2D eigenvalue weighted by atomic mass is 16.7. The topological polar surface area (TPSA) is 48.0 Å². The maximum Gasteiger partial charge on any atom is 0.279 e. The van der Waals surface area contributed by atoms with Gasteiger partial charge < -0.3 is 9.47 Å². The number of rotatable bonds is 4. The lowest BCUT2D eigenvalue weighted by atomic mass is 10.1. The number of carbonyl (C=O) groups is 1. The van der Waals surface area contributed by atoms with Gasteiger partial charge in [0.15, 0.2) is 6.23 Å². The van der Waals surface area contributed by atoms with E-state index in [0.717, 1.165) is 25.0 Å². The molecule has 1 saturated heterocycles. The van der Waals surface area contributed by atoms with Crippen LogP contribution < -0.4 is 4.74 Å². The van der Waals surface area contributed by atoms with E-state index >= 15 is 0 Å². The van der Waals surface area contributed by atoms with E-state index in [9.17, 15) is 4.79 Å². The number of hydrogen-bond donors (Lipinski definition) is 0. The van der Waals surface area contributed by atoms with Crippen LogP contribution in [0.15, 0.2) is 24.3 Å². The molecule has 1 aliphatic heterocycles. The Morgan fingerprint density at radius 1 is 1.26 bits per heavy atom. The van der Waals surface area contributed by atoms with Gasteiger partial charge in [-0.05, 0) is 43.5 Å². The van der Waals surface area contributed by atoms with Crippen molar-refractivity contribution in [3.63, 3.8) is 0 Å². The lowest BCUT2D eigenvalue weighted by molar-refractivity contribution is -0.213. The highest BCUT2D eigenvalue weighted by Crippen LogP contribution is 2.20. The molecule has 0 spiro atoms. The van der Waals surface area contributed by atoms with Crippen molar-refractivity contribution in [3.8, 4) is 5.75 Å². The van der Waals surface area contributed by atoms with Gasteiger partial charge in [-0.1, -0.05) is 0 Å². The molecule has 1 aromatic carbocycles. The van der Waals surface area contributed by atoms with Gasteiger partial charge in [-0.3, -0.25) is 9.63 Å². The van der Waals surface area contributed by atoms with E-state index in [1.165, 1.54) is 12.2 Å². The second-order valence-corrected chi connectivity index (χ2v) is 4.36. The smallest absolute Gasteiger partial charge is 0.279 e. The van der Waals surface area contributed by atoms with Crippen LogP contribution in [-0.2, 0) is 9.57 Å². The molecule has 5 heteroatoms. The molecule has 1 unspecified atom stereocenters. The van der Waals surface area contributed by atoms with E-state index in [0.29, 0.717) is 12.2 Å². The first-order valence-electron chi connectivity index (χ1n) is 6.39. The summed E-state index contributed by atoms with van der Waals surface area (Å²) in [6, 6.07) is 6.94. The van der Waals surface area contributed by atoms with Crippen molar-refractivity contribution in [2.45, 2.75) is 25.5 Å². The predicted molar refractivity (Wildman–Crippen MR) is 69.8 cm³/mol. The van der Waals surface area contributed by atoms with Crippen molar-refractivity contribution in [2.75, 3.05) is 20.8 Å². The fraction of sp³-hybridized carbons (Fsp3) is 0.500. The van der Waals surface area contributed by atoms with Crippen LogP contribution in [0.5, 0.6) is 5.75 Å².